The summed E-state index contributed by atoms with van der Waals surface area (Å²) < 4.78 is 0. The van der Waals surface area contributed by atoms with E-state index in [1.807, 2.05) is 0 Å². The van der Waals surface area contributed by atoms with Crippen LogP contribution in [-0.4, -0.2) is 24.1 Å². The molecule has 0 heterocycles. The lowest BCUT2D eigenvalue weighted by atomic mass is 9.94. The minimum absolute atomic E-state index is 0.648. The average molecular weight is 227 g/mol. The zero-order valence-corrected chi connectivity index (χ0v) is 11.0. The van der Waals surface area contributed by atoms with E-state index in [1.165, 1.54) is 43.6 Å². The molecule has 1 unspecified atom stereocenters. The maximum absolute atomic E-state index is 3.68. The molecule has 0 saturated carbocycles. The Morgan fingerprint density at radius 1 is 1.40 bits per heavy atom. The van der Waals surface area contributed by atoms with Crippen LogP contribution in [0, 0.1) is 0 Å². The summed E-state index contributed by atoms with van der Waals surface area (Å²) in [6, 6.07) is 0.648. The van der Waals surface area contributed by atoms with Crippen molar-refractivity contribution in [2.75, 3.05) is 18.1 Å². The average Bonchev–Trinajstić information content (AvgIpc) is 2.30. The van der Waals surface area contributed by atoms with Crippen LogP contribution in [0.5, 0.6) is 0 Å². The number of rotatable bonds is 7. The first-order valence-electron chi connectivity index (χ1n) is 6.38. The molecule has 1 atom stereocenters. The van der Waals surface area contributed by atoms with Gasteiger partial charge in [-0.15, -0.1) is 0 Å². The number of nitrogens with one attached hydrogen (secondary N) is 1. The van der Waals surface area contributed by atoms with E-state index in [9.17, 15) is 0 Å². The van der Waals surface area contributed by atoms with Gasteiger partial charge < -0.3 is 5.32 Å². The van der Waals surface area contributed by atoms with Crippen molar-refractivity contribution in [3.8, 4) is 0 Å². The predicted molar refractivity (Wildman–Crippen MR) is 71.6 cm³/mol. The van der Waals surface area contributed by atoms with Crippen LogP contribution in [0.25, 0.3) is 0 Å². The van der Waals surface area contributed by atoms with Crippen molar-refractivity contribution < 1.29 is 0 Å². The molecule has 2 heteroatoms. The molecule has 1 nitrogen and oxygen atoms in total. The van der Waals surface area contributed by atoms with E-state index in [0.29, 0.717) is 6.04 Å². The van der Waals surface area contributed by atoms with Crippen LogP contribution in [0.4, 0.5) is 0 Å². The molecular weight excluding hydrogens is 202 g/mol. The van der Waals surface area contributed by atoms with Gasteiger partial charge in [0, 0.05) is 11.8 Å². The minimum Gasteiger partial charge on any atom is -0.310 e. The number of hydrogen-bond acceptors (Lipinski definition) is 2. The highest BCUT2D eigenvalue weighted by Crippen LogP contribution is 2.22. The van der Waals surface area contributed by atoms with Crippen LogP contribution in [0.1, 0.15) is 46.0 Å². The Morgan fingerprint density at radius 2 is 2.27 bits per heavy atom. The van der Waals surface area contributed by atoms with Crippen molar-refractivity contribution in [1.82, 2.24) is 5.32 Å². The molecule has 0 bridgehead atoms. The van der Waals surface area contributed by atoms with Crippen LogP contribution in [-0.2, 0) is 0 Å². The smallest absolute Gasteiger partial charge is 0.0370 e. The first-order chi connectivity index (χ1) is 7.38. The summed E-state index contributed by atoms with van der Waals surface area (Å²) in [5, 5.41) is 3.68. The lowest BCUT2D eigenvalue weighted by Crippen LogP contribution is -2.34. The molecule has 0 saturated heterocycles. The van der Waals surface area contributed by atoms with E-state index in [4.69, 9.17) is 0 Å². The van der Waals surface area contributed by atoms with E-state index in [0.717, 1.165) is 6.54 Å². The third-order valence-corrected chi connectivity index (χ3v) is 3.88. The van der Waals surface area contributed by atoms with Crippen molar-refractivity contribution in [3.63, 3.8) is 0 Å². The molecule has 15 heavy (non-hydrogen) atoms. The fourth-order valence-electron chi connectivity index (χ4n) is 2.03. The van der Waals surface area contributed by atoms with Gasteiger partial charge in [-0.1, -0.05) is 25.5 Å². The zero-order valence-electron chi connectivity index (χ0n) is 10.2. The summed E-state index contributed by atoms with van der Waals surface area (Å²) in [7, 11) is 0. The van der Waals surface area contributed by atoms with E-state index in [2.05, 4.69) is 37.0 Å². The molecule has 0 spiro atoms. The highest BCUT2D eigenvalue weighted by Gasteiger charge is 2.14. The summed E-state index contributed by atoms with van der Waals surface area (Å²) in [4.78, 5) is 0. The molecule has 0 aromatic rings. The van der Waals surface area contributed by atoms with Gasteiger partial charge in [0.2, 0.25) is 0 Å². The molecular formula is C13H25NS. The van der Waals surface area contributed by atoms with E-state index < -0.39 is 0 Å². The monoisotopic (exact) mass is 227 g/mol. The summed E-state index contributed by atoms with van der Waals surface area (Å²) in [5.41, 5.74) is 1.68. The van der Waals surface area contributed by atoms with Crippen LogP contribution < -0.4 is 5.32 Å². The van der Waals surface area contributed by atoms with Crippen LogP contribution in [0.3, 0.4) is 0 Å². The first kappa shape index (κ1) is 13.1. The maximum atomic E-state index is 3.68. The minimum atomic E-state index is 0.648. The third kappa shape index (κ3) is 5.07. The Balaban J connectivity index is 2.41. The fourth-order valence-corrected chi connectivity index (χ4v) is 2.83. The van der Waals surface area contributed by atoms with Gasteiger partial charge in [0.05, 0.1) is 0 Å². The third-order valence-electron chi connectivity index (χ3n) is 2.90. The van der Waals surface area contributed by atoms with Crippen molar-refractivity contribution >= 4 is 11.8 Å². The molecule has 88 valence electrons. The Kier molecular flexibility index (Phi) is 7.20. The summed E-state index contributed by atoms with van der Waals surface area (Å²) in [5.74, 6) is 2.49. The quantitative estimate of drug-likeness (QED) is 0.667. The zero-order chi connectivity index (χ0) is 10.9. The van der Waals surface area contributed by atoms with Gasteiger partial charge in [0.25, 0.3) is 0 Å². The molecule has 1 aliphatic carbocycles. The highest BCUT2D eigenvalue weighted by atomic mass is 32.2. The van der Waals surface area contributed by atoms with Gasteiger partial charge in [-0.3, -0.25) is 0 Å². The molecule has 0 aromatic heterocycles. The highest BCUT2D eigenvalue weighted by molar-refractivity contribution is 7.99. The Bertz CT molecular complexity index is 181. The standard InChI is InChI=1S/C13H25NS/c1-3-10-14-13(11-15-4-2)12-8-6-5-7-9-12/h8,13-14H,3-7,9-11H2,1-2H3. The van der Waals surface area contributed by atoms with E-state index in [-0.39, 0.29) is 0 Å². The second kappa shape index (κ2) is 8.23. The lowest BCUT2D eigenvalue weighted by Gasteiger charge is -2.24. The molecule has 0 fully saturated rings. The van der Waals surface area contributed by atoms with Crippen molar-refractivity contribution in [1.29, 1.82) is 0 Å². The Labute approximate surface area is 99.1 Å². The predicted octanol–water partition coefficient (Wildman–Crippen LogP) is 3.61. The van der Waals surface area contributed by atoms with Crippen LogP contribution in [0.2, 0.25) is 0 Å². The molecule has 0 amide bonds. The van der Waals surface area contributed by atoms with Crippen molar-refractivity contribution in [2.24, 2.45) is 0 Å². The molecule has 0 radical (unpaired) electrons. The Hall–Kier alpha value is 0.0500. The van der Waals surface area contributed by atoms with Gasteiger partial charge in [-0.25, -0.2) is 0 Å². The van der Waals surface area contributed by atoms with E-state index in [1.54, 1.807) is 5.57 Å². The second-order valence-corrected chi connectivity index (χ2v) is 5.51. The van der Waals surface area contributed by atoms with E-state index >= 15 is 0 Å². The van der Waals surface area contributed by atoms with Crippen LogP contribution >= 0.6 is 11.8 Å². The summed E-state index contributed by atoms with van der Waals surface area (Å²) in [6.07, 6.45) is 9.13. The van der Waals surface area contributed by atoms with Crippen LogP contribution in [0.15, 0.2) is 11.6 Å². The van der Waals surface area contributed by atoms with Gasteiger partial charge in [0.1, 0.15) is 0 Å². The molecule has 0 aliphatic heterocycles. The number of thioether (sulfide) groups is 1. The normalized spacial score (nSPS) is 18.7. The maximum Gasteiger partial charge on any atom is 0.0370 e. The summed E-state index contributed by atoms with van der Waals surface area (Å²) in [6.45, 7) is 5.65. The molecule has 1 rings (SSSR count). The number of hydrogen-bond donors (Lipinski definition) is 1. The second-order valence-electron chi connectivity index (χ2n) is 4.19. The first-order valence-corrected chi connectivity index (χ1v) is 7.54. The van der Waals surface area contributed by atoms with Crippen molar-refractivity contribution in [3.05, 3.63) is 11.6 Å². The number of allylic oxidation sites excluding steroid dienone is 1. The van der Waals surface area contributed by atoms with Gasteiger partial charge in [0.15, 0.2) is 0 Å². The lowest BCUT2D eigenvalue weighted by molar-refractivity contribution is 0.562. The largest absolute Gasteiger partial charge is 0.310 e. The molecule has 1 N–H and O–H groups in total. The van der Waals surface area contributed by atoms with Gasteiger partial charge in [-0.2, -0.15) is 11.8 Å². The van der Waals surface area contributed by atoms with Crippen molar-refractivity contribution in [2.45, 2.75) is 52.0 Å². The fraction of sp³-hybridized carbons (Fsp3) is 0.846. The molecule has 0 aromatic carbocycles. The topological polar surface area (TPSA) is 12.0 Å². The molecule has 1 aliphatic rings. The SMILES string of the molecule is CCCNC(CSCC)C1=CCCCC1. The Morgan fingerprint density at radius 3 is 2.87 bits per heavy atom. The van der Waals surface area contributed by atoms with Gasteiger partial charge >= 0.3 is 0 Å². The summed E-state index contributed by atoms with van der Waals surface area (Å²) >= 11 is 2.06. The van der Waals surface area contributed by atoms with Gasteiger partial charge in [-0.05, 0) is 44.4 Å².